The molecule has 0 saturated carbocycles. The fraction of sp³-hybridized carbons (Fsp3) is 0.500. The average Bonchev–Trinajstić information content (AvgIpc) is 3.11. The number of fused-ring (bicyclic) bond motifs is 5. The minimum absolute atomic E-state index is 0.0984. The SMILES string of the molecule is CCOC(=O)c1c2n(c3cc(OC)ccc13)C[C@H]1OC(C)(C)O[C@@H]21. The Labute approximate surface area is 140 Å². The molecule has 2 aliphatic rings. The second kappa shape index (κ2) is 5.22. The molecule has 128 valence electrons. The molecule has 1 saturated heterocycles. The number of hydrogen-bond acceptors (Lipinski definition) is 5. The van der Waals surface area contributed by atoms with Crippen molar-refractivity contribution in [2.75, 3.05) is 13.7 Å². The van der Waals surface area contributed by atoms with Crippen LogP contribution in [0.3, 0.4) is 0 Å². The highest BCUT2D eigenvalue weighted by molar-refractivity contribution is 6.06. The number of ether oxygens (including phenoxy) is 4. The van der Waals surface area contributed by atoms with Crippen molar-refractivity contribution >= 4 is 16.9 Å². The lowest BCUT2D eigenvalue weighted by atomic mass is 10.1. The summed E-state index contributed by atoms with van der Waals surface area (Å²) < 4.78 is 24.8. The number of methoxy groups -OCH3 is 1. The molecular formula is C18H21NO5. The van der Waals surface area contributed by atoms with Gasteiger partial charge in [-0.15, -0.1) is 0 Å². The largest absolute Gasteiger partial charge is 0.497 e. The Morgan fingerprint density at radius 2 is 2.17 bits per heavy atom. The molecule has 1 fully saturated rings. The van der Waals surface area contributed by atoms with Crippen LogP contribution in [0, 0.1) is 0 Å². The smallest absolute Gasteiger partial charge is 0.340 e. The Bertz CT molecular complexity index is 822. The van der Waals surface area contributed by atoms with Crippen LogP contribution >= 0.6 is 0 Å². The minimum Gasteiger partial charge on any atom is -0.497 e. The van der Waals surface area contributed by atoms with E-state index in [1.807, 2.05) is 32.0 Å². The topological polar surface area (TPSA) is 58.9 Å². The molecule has 1 aromatic heterocycles. The first-order valence-electron chi connectivity index (χ1n) is 8.18. The Morgan fingerprint density at radius 3 is 2.88 bits per heavy atom. The molecule has 1 aromatic carbocycles. The third-order valence-corrected chi connectivity index (χ3v) is 4.61. The lowest BCUT2D eigenvalue weighted by Gasteiger charge is -2.19. The molecule has 0 spiro atoms. The second-order valence-corrected chi connectivity index (χ2v) is 6.57. The normalized spacial score (nSPS) is 24.0. The van der Waals surface area contributed by atoms with E-state index in [-0.39, 0.29) is 18.2 Å². The van der Waals surface area contributed by atoms with Gasteiger partial charge in [-0.3, -0.25) is 0 Å². The highest BCUT2D eigenvalue weighted by atomic mass is 16.8. The van der Waals surface area contributed by atoms with Crippen LogP contribution in [0.1, 0.15) is 42.9 Å². The van der Waals surface area contributed by atoms with Crippen molar-refractivity contribution in [1.82, 2.24) is 4.57 Å². The Hall–Kier alpha value is -2.05. The summed E-state index contributed by atoms with van der Waals surface area (Å²) in [5, 5.41) is 0.857. The molecule has 2 aliphatic heterocycles. The third-order valence-electron chi connectivity index (χ3n) is 4.61. The molecule has 6 heteroatoms. The van der Waals surface area contributed by atoms with Gasteiger partial charge in [0.2, 0.25) is 0 Å². The second-order valence-electron chi connectivity index (χ2n) is 6.57. The van der Waals surface area contributed by atoms with Gasteiger partial charge in [-0.25, -0.2) is 4.79 Å². The lowest BCUT2D eigenvalue weighted by molar-refractivity contribution is -0.151. The van der Waals surface area contributed by atoms with Crippen LogP contribution in [0.25, 0.3) is 10.9 Å². The van der Waals surface area contributed by atoms with E-state index in [4.69, 9.17) is 18.9 Å². The number of nitrogens with zero attached hydrogens (tertiary/aromatic N) is 1. The van der Waals surface area contributed by atoms with E-state index < -0.39 is 5.79 Å². The van der Waals surface area contributed by atoms with Gasteiger partial charge in [-0.2, -0.15) is 0 Å². The summed E-state index contributed by atoms with van der Waals surface area (Å²) in [6.07, 6.45) is -0.364. The zero-order valence-electron chi connectivity index (χ0n) is 14.3. The maximum absolute atomic E-state index is 12.6. The zero-order chi connectivity index (χ0) is 17.1. The first-order valence-corrected chi connectivity index (χ1v) is 8.18. The van der Waals surface area contributed by atoms with Crippen LogP contribution in [0.2, 0.25) is 0 Å². The molecule has 0 radical (unpaired) electrons. The quantitative estimate of drug-likeness (QED) is 0.809. The Balaban J connectivity index is 1.93. The molecule has 6 nitrogen and oxygen atoms in total. The van der Waals surface area contributed by atoms with E-state index in [9.17, 15) is 4.79 Å². The van der Waals surface area contributed by atoms with E-state index in [1.54, 1.807) is 14.0 Å². The standard InChI is InChI=1S/C18H21NO5/c1-5-22-17(20)14-11-7-6-10(21-4)8-12(11)19-9-13-16(15(14)19)24-18(2,3)23-13/h6-8,13,16H,5,9H2,1-4H3/t13-,16-/m1/s1. The van der Waals surface area contributed by atoms with Crippen LogP contribution in [0.15, 0.2) is 18.2 Å². The predicted octanol–water partition coefficient (Wildman–Crippen LogP) is 3.03. The molecule has 4 rings (SSSR count). The van der Waals surface area contributed by atoms with Crippen molar-refractivity contribution in [2.45, 2.75) is 45.3 Å². The summed E-state index contributed by atoms with van der Waals surface area (Å²) in [4.78, 5) is 12.6. The Kier molecular flexibility index (Phi) is 3.37. The van der Waals surface area contributed by atoms with Crippen LogP contribution in [-0.2, 0) is 20.8 Å². The van der Waals surface area contributed by atoms with Crippen molar-refractivity contribution in [1.29, 1.82) is 0 Å². The van der Waals surface area contributed by atoms with Gasteiger partial charge in [0.05, 0.1) is 37.0 Å². The summed E-state index contributed by atoms with van der Waals surface area (Å²) in [6, 6.07) is 5.70. The zero-order valence-corrected chi connectivity index (χ0v) is 14.3. The van der Waals surface area contributed by atoms with Gasteiger partial charge in [-0.1, -0.05) is 0 Å². The minimum atomic E-state index is -0.652. The van der Waals surface area contributed by atoms with Crippen molar-refractivity contribution < 1.29 is 23.7 Å². The maximum atomic E-state index is 12.6. The van der Waals surface area contributed by atoms with E-state index in [0.29, 0.717) is 18.7 Å². The molecule has 0 amide bonds. The van der Waals surface area contributed by atoms with Gasteiger partial charge in [0.25, 0.3) is 0 Å². The molecule has 0 N–H and O–H groups in total. The number of benzene rings is 1. The summed E-state index contributed by atoms with van der Waals surface area (Å²) >= 11 is 0. The number of aromatic nitrogens is 1. The van der Waals surface area contributed by atoms with E-state index in [0.717, 1.165) is 22.3 Å². The fourth-order valence-electron chi connectivity index (χ4n) is 3.77. The number of esters is 1. The summed E-state index contributed by atoms with van der Waals surface area (Å²) in [6.45, 7) is 6.57. The van der Waals surface area contributed by atoms with Crippen molar-refractivity contribution in [3.05, 3.63) is 29.5 Å². The molecule has 24 heavy (non-hydrogen) atoms. The van der Waals surface area contributed by atoms with Crippen molar-refractivity contribution in [3.8, 4) is 5.75 Å². The summed E-state index contributed by atoms with van der Waals surface area (Å²) in [7, 11) is 1.63. The van der Waals surface area contributed by atoms with Crippen LogP contribution < -0.4 is 4.74 Å². The molecule has 2 atom stereocenters. The van der Waals surface area contributed by atoms with Crippen LogP contribution in [0.4, 0.5) is 0 Å². The number of carbonyl (C=O) groups excluding carboxylic acids is 1. The van der Waals surface area contributed by atoms with Gasteiger partial charge < -0.3 is 23.5 Å². The van der Waals surface area contributed by atoms with E-state index in [1.165, 1.54) is 0 Å². The Morgan fingerprint density at radius 1 is 1.38 bits per heavy atom. The first kappa shape index (κ1) is 15.5. The lowest BCUT2D eigenvalue weighted by Crippen LogP contribution is -2.23. The number of rotatable bonds is 3. The summed E-state index contributed by atoms with van der Waals surface area (Å²) in [5.41, 5.74) is 2.35. The fourth-order valence-corrected chi connectivity index (χ4v) is 3.77. The third kappa shape index (κ3) is 2.13. The van der Waals surface area contributed by atoms with E-state index >= 15 is 0 Å². The van der Waals surface area contributed by atoms with Gasteiger partial charge in [-0.05, 0) is 32.9 Å². The van der Waals surface area contributed by atoms with Crippen LogP contribution in [0.5, 0.6) is 5.75 Å². The monoisotopic (exact) mass is 331 g/mol. The highest BCUT2D eigenvalue weighted by Gasteiger charge is 2.50. The molecule has 2 aromatic rings. The molecule has 0 bridgehead atoms. The van der Waals surface area contributed by atoms with Gasteiger partial charge in [0.1, 0.15) is 18.0 Å². The van der Waals surface area contributed by atoms with Gasteiger partial charge in [0.15, 0.2) is 5.79 Å². The summed E-state index contributed by atoms with van der Waals surface area (Å²) in [5.74, 6) is -0.228. The number of hydrogen-bond donors (Lipinski definition) is 0. The van der Waals surface area contributed by atoms with Crippen molar-refractivity contribution in [3.63, 3.8) is 0 Å². The molecular weight excluding hydrogens is 310 g/mol. The molecule has 0 aliphatic carbocycles. The van der Waals surface area contributed by atoms with E-state index in [2.05, 4.69) is 4.57 Å². The average molecular weight is 331 g/mol. The molecule has 3 heterocycles. The maximum Gasteiger partial charge on any atom is 0.340 e. The molecule has 0 unspecified atom stereocenters. The van der Waals surface area contributed by atoms with Crippen LogP contribution in [-0.4, -0.2) is 36.1 Å². The van der Waals surface area contributed by atoms with Gasteiger partial charge >= 0.3 is 5.97 Å². The predicted molar refractivity (Wildman–Crippen MR) is 87.2 cm³/mol. The van der Waals surface area contributed by atoms with Crippen molar-refractivity contribution in [2.24, 2.45) is 0 Å². The highest BCUT2D eigenvalue weighted by Crippen LogP contribution is 2.48. The van der Waals surface area contributed by atoms with Gasteiger partial charge in [0, 0.05) is 11.5 Å². The number of carbonyl (C=O) groups is 1. The first-order chi connectivity index (χ1) is 11.4.